The summed E-state index contributed by atoms with van der Waals surface area (Å²) < 4.78 is 26.9. The second-order valence-corrected chi connectivity index (χ2v) is 10.5. The molecule has 0 aliphatic heterocycles. The van der Waals surface area contributed by atoms with Crippen LogP contribution < -0.4 is 15.4 Å². The van der Waals surface area contributed by atoms with Crippen molar-refractivity contribution in [2.45, 2.75) is 24.3 Å². The Hall–Kier alpha value is -3.47. The van der Waals surface area contributed by atoms with Crippen molar-refractivity contribution in [1.29, 1.82) is 0 Å². The molecule has 4 aromatic rings. The maximum absolute atomic E-state index is 13.3. The van der Waals surface area contributed by atoms with Crippen LogP contribution in [0.2, 0.25) is 0 Å². The molecule has 0 spiro atoms. The van der Waals surface area contributed by atoms with Crippen LogP contribution >= 0.6 is 11.3 Å². The SMILES string of the molecule is CNS(=O)(=O)c1cc(NC(=O)C(Cc2c[nH]c3ccccc23)NC(=O)c2cccs2)ccc1C. The van der Waals surface area contributed by atoms with E-state index in [9.17, 15) is 18.0 Å². The number of aromatic nitrogens is 1. The Bertz CT molecular complexity index is 1440. The Morgan fingerprint density at radius 3 is 2.62 bits per heavy atom. The molecule has 176 valence electrons. The van der Waals surface area contributed by atoms with Gasteiger partial charge in [-0.3, -0.25) is 9.59 Å². The number of para-hydroxylation sites is 1. The zero-order valence-corrected chi connectivity index (χ0v) is 20.2. The number of amides is 2. The van der Waals surface area contributed by atoms with Crippen LogP contribution in [0, 0.1) is 6.92 Å². The van der Waals surface area contributed by atoms with Crippen LogP contribution in [-0.4, -0.2) is 38.3 Å². The molecule has 4 rings (SSSR count). The number of sulfonamides is 1. The van der Waals surface area contributed by atoms with Crippen molar-refractivity contribution in [1.82, 2.24) is 15.0 Å². The van der Waals surface area contributed by atoms with Gasteiger partial charge < -0.3 is 15.6 Å². The third-order valence-electron chi connectivity index (χ3n) is 5.48. The van der Waals surface area contributed by atoms with E-state index in [1.54, 1.807) is 36.6 Å². The number of fused-ring (bicyclic) bond motifs is 1. The van der Waals surface area contributed by atoms with E-state index >= 15 is 0 Å². The van der Waals surface area contributed by atoms with E-state index in [-0.39, 0.29) is 17.2 Å². The molecule has 4 N–H and O–H groups in total. The van der Waals surface area contributed by atoms with Gasteiger partial charge in [0, 0.05) is 29.2 Å². The zero-order valence-electron chi connectivity index (χ0n) is 18.6. The number of thiophene rings is 1. The lowest BCUT2D eigenvalue weighted by Gasteiger charge is -2.19. The minimum Gasteiger partial charge on any atom is -0.361 e. The van der Waals surface area contributed by atoms with Crippen molar-refractivity contribution in [3.63, 3.8) is 0 Å². The van der Waals surface area contributed by atoms with Crippen LogP contribution in [0.25, 0.3) is 10.9 Å². The third kappa shape index (κ3) is 5.04. The topological polar surface area (TPSA) is 120 Å². The van der Waals surface area contributed by atoms with Crippen LogP contribution in [0.15, 0.2) is 71.1 Å². The van der Waals surface area contributed by atoms with Gasteiger partial charge in [-0.1, -0.05) is 30.3 Å². The van der Waals surface area contributed by atoms with Crippen molar-refractivity contribution in [3.8, 4) is 0 Å². The first-order chi connectivity index (χ1) is 16.3. The number of aryl methyl sites for hydroxylation is 1. The normalized spacial score (nSPS) is 12.4. The average molecular weight is 497 g/mol. The van der Waals surface area contributed by atoms with Crippen LogP contribution in [0.1, 0.15) is 20.8 Å². The van der Waals surface area contributed by atoms with E-state index in [4.69, 9.17) is 0 Å². The molecule has 0 radical (unpaired) electrons. The fourth-order valence-electron chi connectivity index (χ4n) is 3.67. The van der Waals surface area contributed by atoms with Crippen molar-refractivity contribution in [2.24, 2.45) is 0 Å². The molecule has 0 aliphatic carbocycles. The average Bonchev–Trinajstić information content (AvgIpc) is 3.50. The molecular weight excluding hydrogens is 472 g/mol. The number of aromatic amines is 1. The Balaban J connectivity index is 1.62. The van der Waals surface area contributed by atoms with Gasteiger partial charge in [-0.15, -0.1) is 11.3 Å². The molecule has 2 aromatic carbocycles. The van der Waals surface area contributed by atoms with Gasteiger partial charge in [0.05, 0.1) is 9.77 Å². The summed E-state index contributed by atoms with van der Waals surface area (Å²) in [7, 11) is -2.36. The summed E-state index contributed by atoms with van der Waals surface area (Å²) in [6, 6.07) is 14.9. The first-order valence-electron chi connectivity index (χ1n) is 10.5. The van der Waals surface area contributed by atoms with Crippen molar-refractivity contribution in [3.05, 3.63) is 82.2 Å². The standard InChI is InChI=1S/C24H24N4O4S2/c1-15-9-10-17(13-22(15)34(31,32)25-2)27-23(29)20(28-24(30)21-8-5-11-33-21)12-16-14-26-19-7-4-3-6-18(16)19/h3-11,13-14,20,25-26H,12H2,1-2H3,(H,27,29)(H,28,30). The van der Waals surface area contributed by atoms with Gasteiger partial charge in [0.1, 0.15) is 6.04 Å². The molecule has 10 heteroatoms. The fraction of sp³-hybridized carbons (Fsp3) is 0.167. The molecule has 2 aromatic heterocycles. The van der Waals surface area contributed by atoms with Crippen LogP contribution in [0.5, 0.6) is 0 Å². The lowest BCUT2D eigenvalue weighted by molar-refractivity contribution is -0.118. The lowest BCUT2D eigenvalue weighted by atomic mass is 10.0. The summed E-state index contributed by atoms with van der Waals surface area (Å²) in [4.78, 5) is 29.8. The Labute approximate surface area is 201 Å². The van der Waals surface area contributed by atoms with E-state index < -0.39 is 22.0 Å². The first kappa shape index (κ1) is 23.7. The number of carbonyl (C=O) groups is 2. The van der Waals surface area contributed by atoms with E-state index in [2.05, 4.69) is 20.3 Å². The Morgan fingerprint density at radius 2 is 1.88 bits per heavy atom. The molecule has 0 saturated carbocycles. The molecule has 1 atom stereocenters. The highest BCUT2D eigenvalue weighted by molar-refractivity contribution is 7.89. The highest BCUT2D eigenvalue weighted by atomic mass is 32.2. The molecule has 0 saturated heterocycles. The number of nitrogens with one attached hydrogen (secondary N) is 4. The molecule has 2 amide bonds. The smallest absolute Gasteiger partial charge is 0.262 e. The second-order valence-electron chi connectivity index (χ2n) is 7.74. The first-order valence-corrected chi connectivity index (χ1v) is 12.9. The van der Waals surface area contributed by atoms with E-state index in [1.165, 1.54) is 24.5 Å². The zero-order chi connectivity index (χ0) is 24.3. The predicted molar refractivity (Wildman–Crippen MR) is 134 cm³/mol. The molecular formula is C24H24N4O4S2. The summed E-state index contributed by atoms with van der Waals surface area (Å²) >= 11 is 1.28. The minimum atomic E-state index is -3.70. The number of hydrogen-bond acceptors (Lipinski definition) is 5. The summed E-state index contributed by atoms with van der Waals surface area (Å²) in [6.45, 7) is 1.68. The van der Waals surface area contributed by atoms with Gasteiger partial charge in [-0.2, -0.15) is 0 Å². The van der Waals surface area contributed by atoms with Crippen molar-refractivity contribution < 1.29 is 18.0 Å². The molecule has 34 heavy (non-hydrogen) atoms. The maximum Gasteiger partial charge on any atom is 0.262 e. The maximum atomic E-state index is 13.3. The quantitative estimate of drug-likeness (QED) is 0.299. The molecule has 0 aliphatic rings. The highest BCUT2D eigenvalue weighted by Gasteiger charge is 2.24. The van der Waals surface area contributed by atoms with Crippen molar-refractivity contribution in [2.75, 3.05) is 12.4 Å². The Morgan fingerprint density at radius 1 is 1.09 bits per heavy atom. The fourth-order valence-corrected chi connectivity index (χ4v) is 5.29. The lowest BCUT2D eigenvalue weighted by Crippen LogP contribution is -2.45. The number of hydrogen-bond donors (Lipinski definition) is 4. The van der Waals surface area contributed by atoms with Gasteiger partial charge in [0.2, 0.25) is 15.9 Å². The van der Waals surface area contributed by atoms with E-state index in [0.29, 0.717) is 16.1 Å². The molecule has 1 unspecified atom stereocenters. The predicted octanol–water partition coefficient (Wildman–Crippen LogP) is 3.43. The third-order valence-corrected chi connectivity index (χ3v) is 7.90. The number of carbonyl (C=O) groups excluding carboxylic acids is 2. The highest BCUT2D eigenvalue weighted by Crippen LogP contribution is 2.22. The molecule has 0 bridgehead atoms. The minimum absolute atomic E-state index is 0.0728. The van der Waals surface area contributed by atoms with Crippen LogP contribution in [-0.2, 0) is 21.2 Å². The van der Waals surface area contributed by atoms with E-state index in [1.807, 2.05) is 30.5 Å². The van der Waals surface area contributed by atoms with Crippen LogP contribution in [0.3, 0.4) is 0 Å². The largest absolute Gasteiger partial charge is 0.361 e. The number of anilines is 1. The number of rotatable bonds is 8. The van der Waals surface area contributed by atoms with Gasteiger partial charge in [0.25, 0.3) is 5.91 Å². The molecule has 8 nitrogen and oxygen atoms in total. The molecule has 2 heterocycles. The monoisotopic (exact) mass is 496 g/mol. The summed E-state index contributed by atoms with van der Waals surface area (Å²) in [5, 5.41) is 8.34. The second kappa shape index (κ2) is 9.80. The molecule has 0 fully saturated rings. The number of H-pyrrole nitrogens is 1. The number of benzene rings is 2. The summed E-state index contributed by atoms with van der Waals surface area (Å²) in [5.41, 5.74) is 2.68. The van der Waals surface area contributed by atoms with E-state index in [0.717, 1.165) is 16.5 Å². The van der Waals surface area contributed by atoms with Gasteiger partial charge in [0.15, 0.2) is 0 Å². The van der Waals surface area contributed by atoms with Crippen molar-refractivity contribution >= 4 is 49.8 Å². The van der Waals surface area contributed by atoms with Crippen LogP contribution in [0.4, 0.5) is 5.69 Å². The van der Waals surface area contributed by atoms with Gasteiger partial charge in [-0.05, 0) is 54.7 Å². The summed E-state index contributed by atoms with van der Waals surface area (Å²) in [5.74, 6) is -0.802. The Kier molecular flexibility index (Phi) is 6.82. The van der Waals surface area contributed by atoms with Gasteiger partial charge in [-0.25, -0.2) is 13.1 Å². The summed E-state index contributed by atoms with van der Waals surface area (Å²) in [6.07, 6.45) is 2.08. The van der Waals surface area contributed by atoms with Gasteiger partial charge >= 0.3 is 0 Å².